The number of alkyl halides is 6. The van der Waals surface area contributed by atoms with E-state index < -0.39 is 29.6 Å². The molecule has 0 aromatic heterocycles. The Hall–Kier alpha value is -0.990. The Labute approximate surface area is 98.5 Å². The first-order chi connectivity index (χ1) is 7.96. The number of carbonyl (C=O) groups is 1. The highest BCUT2D eigenvalue weighted by Crippen LogP contribution is 2.39. The van der Waals surface area contributed by atoms with Crippen molar-refractivity contribution in [3.63, 3.8) is 0 Å². The predicted molar refractivity (Wildman–Crippen MR) is 47.5 cm³/mol. The van der Waals surface area contributed by atoms with Crippen LogP contribution in [0.4, 0.5) is 26.3 Å². The zero-order valence-electron chi connectivity index (χ0n) is 9.28. The van der Waals surface area contributed by atoms with Gasteiger partial charge in [-0.25, -0.2) is 0 Å². The highest BCUT2D eigenvalue weighted by atomic mass is 19.4. The van der Waals surface area contributed by atoms with Crippen LogP contribution in [0.15, 0.2) is 0 Å². The second-order valence-corrected chi connectivity index (χ2v) is 4.54. The number of hydrogen-bond donors (Lipinski definition) is 1. The zero-order valence-corrected chi connectivity index (χ0v) is 9.28. The van der Waals surface area contributed by atoms with Gasteiger partial charge in [0.1, 0.15) is 0 Å². The first-order valence-corrected chi connectivity index (χ1v) is 4.95. The first kappa shape index (κ1) is 15.1. The molecule has 1 amide bonds. The fourth-order valence-electron chi connectivity index (χ4n) is 1.44. The van der Waals surface area contributed by atoms with Crippen LogP contribution in [-0.2, 0) is 9.53 Å². The van der Waals surface area contributed by atoms with Crippen molar-refractivity contribution in [2.24, 2.45) is 11.3 Å². The lowest BCUT2D eigenvalue weighted by atomic mass is 9.88. The van der Waals surface area contributed by atoms with Crippen LogP contribution in [0.1, 0.15) is 6.92 Å². The van der Waals surface area contributed by atoms with Crippen molar-refractivity contribution < 1.29 is 35.9 Å². The summed E-state index contributed by atoms with van der Waals surface area (Å²) >= 11 is 0. The molecule has 0 radical (unpaired) electrons. The van der Waals surface area contributed by atoms with E-state index >= 15 is 0 Å². The molecule has 0 aromatic carbocycles. The average Bonchev–Trinajstić information content (AvgIpc) is 2.06. The second kappa shape index (κ2) is 4.60. The van der Waals surface area contributed by atoms with E-state index in [4.69, 9.17) is 4.74 Å². The van der Waals surface area contributed by atoms with E-state index in [0.717, 1.165) is 0 Å². The quantitative estimate of drug-likeness (QED) is 0.801. The van der Waals surface area contributed by atoms with Crippen molar-refractivity contribution in [3.05, 3.63) is 0 Å². The lowest BCUT2D eigenvalue weighted by Gasteiger charge is -2.38. The summed E-state index contributed by atoms with van der Waals surface area (Å²) in [6, 6.07) is 0. The molecular weight excluding hydrogens is 268 g/mol. The Balaban J connectivity index is 2.66. The van der Waals surface area contributed by atoms with Gasteiger partial charge in [0.2, 0.25) is 11.8 Å². The number of amides is 1. The molecule has 0 unspecified atom stereocenters. The standard InChI is InChI=1S/C9H11F6NO2/c1-7(3-18-4-7)2-16-6(17)5(8(10,11)12)9(13,14)15/h5H,2-4H2,1H3,(H,16,17). The van der Waals surface area contributed by atoms with E-state index in [0.29, 0.717) is 0 Å². The molecule has 9 heteroatoms. The first-order valence-electron chi connectivity index (χ1n) is 4.95. The molecule has 1 N–H and O–H groups in total. The highest BCUT2D eigenvalue weighted by molar-refractivity contribution is 5.80. The van der Waals surface area contributed by atoms with Gasteiger partial charge in [0.25, 0.3) is 0 Å². The molecule has 1 aliphatic heterocycles. The summed E-state index contributed by atoms with van der Waals surface area (Å²) in [5.74, 6) is -6.07. The SMILES string of the molecule is CC1(CNC(=O)C(C(F)(F)F)C(F)(F)F)COC1. The fraction of sp³-hybridized carbons (Fsp3) is 0.889. The molecule has 0 bridgehead atoms. The smallest absolute Gasteiger partial charge is 0.380 e. The van der Waals surface area contributed by atoms with E-state index in [1.54, 1.807) is 12.2 Å². The summed E-state index contributed by atoms with van der Waals surface area (Å²) in [4.78, 5) is 11.0. The van der Waals surface area contributed by atoms with Gasteiger partial charge in [-0.1, -0.05) is 6.92 Å². The highest BCUT2D eigenvalue weighted by Gasteiger charge is 2.61. The number of halogens is 6. The number of nitrogens with one attached hydrogen (secondary N) is 1. The maximum Gasteiger partial charge on any atom is 0.409 e. The Bertz CT molecular complexity index is 306. The predicted octanol–water partition coefficient (Wildman–Crippen LogP) is 1.88. The van der Waals surface area contributed by atoms with Crippen LogP contribution in [0, 0.1) is 11.3 Å². The maximum atomic E-state index is 12.2. The fourth-order valence-corrected chi connectivity index (χ4v) is 1.44. The lowest BCUT2D eigenvalue weighted by molar-refractivity contribution is -0.274. The van der Waals surface area contributed by atoms with Gasteiger partial charge in [0.15, 0.2) is 0 Å². The molecule has 1 saturated heterocycles. The van der Waals surface area contributed by atoms with Gasteiger partial charge in [0, 0.05) is 12.0 Å². The maximum absolute atomic E-state index is 12.2. The third-order valence-electron chi connectivity index (χ3n) is 2.51. The largest absolute Gasteiger partial charge is 0.409 e. The molecule has 1 rings (SSSR count). The second-order valence-electron chi connectivity index (χ2n) is 4.54. The molecule has 1 fully saturated rings. The average molecular weight is 279 g/mol. The molecule has 106 valence electrons. The number of ether oxygens (including phenoxy) is 1. The summed E-state index contributed by atoms with van der Waals surface area (Å²) in [5, 5.41) is 1.68. The summed E-state index contributed by atoms with van der Waals surface area (Å²) in [6.45, 7) is 1.69. The number of carbonyl (C=O) groups excluding carboxylic acids is 1. The van der Waals surface area contributed by atoms with Crippen molar-refractivity contribution in [2.45, 2.75) is 19.3 Å². The van der Waals surface area contributed by atoms with Crippen molar-refractivity contribution in [2.75, 3.05) is 19.8 Å². The molecule has 18 heavy (non-hydrogen) atoms. The number of rotatable bonds is 3. The summed E-state index contributed by atoms with van der Waals surface area (Å²) in [6.07, 6.45) is -11.3. The van der Waals surface area contributed by atoms with E-state index in [1.807, 2.05) is 0 Å². The molecular formula is C9H11F6NO2. The molecule has 0 saturated carbocycles. The molecule has 1 heterocycles. The minimum Gasteiger partial charge on any atom is -0.380 e. The normalized spacial score (nSPS) is 19.6. The van der Waals surface area contributed by atoms with Gasteiger partial charge in [-0.3, -0.25) is 4.79 Å². The minimum atomic E-state index is -5.65. The summed E-state index contributed by atoms with van der Waals surface area (Å²) in [7, 11) is 0. The van der Waals surface area contributed by atoms with Gasteiger partial charge in [-0.15, -0.1) is 0 Å². The van der Waals surface area contributed by atoms with Gasteiger partial charge in [-0.05, 0) is 0 Å². The van der Waals surface area contributed by atoms with Crippen LogP contribution in [0.2, 0.25) is 0 Å². The Kier molecular flexibility index (Phi) is 3.85. The third-order valence-corrected chi connectivity index (χ3v) is 2.51. The molecule has 0 aliphatic carbocycles. The number of hydrogen-bond acceptors (Lipinski definition) is 2. The van der Waals surface area contributed by atoms with Crippen molar-refractivity contribution in [1.29, 1.82) is 0 Å². The van der Waals surface area contributed by atoms with Crippen LogP contribution < -0.4 is 5.32 Å². The minimum absolute atomic E-state index is 0.190. The van der Waals surface area contributed by atoms with Crippen molar-refractivity contribution >= 4 is 5.91 Å². The van der Waals surface area contributed by atoms with Crippen molar-refractivity contribution in [1.82, 2.24) is 5.32 Å². The summed E-state index contributed by atoms with van der Waals surface area (Å²) < 4.78 is 77.8. The Morgan fingerprint density at radius 1 is 1.22 bits per heavy atom. The molecule has 1 aliphatic rings. The van der Waals surface area contributed by atoms with Crippen LogP contribution in [0.25, 0.3) is 0 Å². The van der Waals surface area contributed by atoms with Crippen LogP contribution in [-0.4, -0.2) is 38.0 Å². The topological polar surface area (TPSA) is 38.3 Å². The van der Waals surface area contributed by atoms with E-state index in [2.05, 4.69) is 0 Å². The molecule has 3 nitrogen and oxygen atoms in total. The Morgan fingerprint density at radius 3 is 1.94 bits per heavy atom. The zero-order chi connectivity index (χ0) is 14.2. The molecule has 0 aromatic rings. The van der Waals surface area contributed by atoms with Gasteiger partial charge >= 0.3 is 12.4 Å². The van der Waals surface area contributed by atoms with Crippen molar-refractivity contribution in [3.8, 4) is 0 Å². The summed E-state index contributed by atoms with van der Waals surface area (Å²) in [5.41, 5.74) is -0.600. The van der Waals surface area contributed by atoms with Gasteiger partial charge < -0.3 is 10.1 Å². The Morgan fingerprint density at radius 2 is 1.67 bits per heavy atom. The van der Waals surface area contributed by atoms with E-state index in [-0.39, 0.29) is 19.8 Å². The van der Waals surface area contributed by atoms with E-state index in [1.165, 1.54) is 0 Å². The lowest BCUT2D eigenvalue weighted by Crippen LogP contribution is -2.53. The third kappa shape index (κ3) is 3.50. The van der Waals surface area contributed by atoms with Gasteiger partial charge in [0.05, 0.1) is 13.2 Å². The van der Waals surface area contributed by atoms with Crippen LogP contribution in [0.3, 0.4) is 0 Å². The monoisotopic (exact) mass is 279 g/mol. The molecule has 0 spiro atoms. The van der Waals surface area contributed by atoms with E-state index in [9.17, 15) is 31.1 Å². The van der Waals surface area contributed by atoms with Crippen LogP contribution >= 0.6 is 0 Å². The molecule has 0 atom stereocenters. The van der Waals surface area contributed by atoms with Gasteiger partial charge in [-0.2, -0.15) is 26.3 Å². The van der Waals surface area contributed by atoms with Crippen LogP contribution in [0.5, 0.6) is 0 Å².